The summed E-state index contributed by atoms with van der Waals surface area (Å²) in [4.78, 5) is 21.2. The van der Waals surface area contributed by atoms with Crippen LogP contribution < -0.4 is 10.1 Å². The quantitative estimate of drug-likeness (QED) is 0.525. The minimum Gasteiger partial charge on any atom is -0.494 e. The average molecular weight is 265 g/mol. The van der Waals surface area contributed by atoms with Gasteiger partial charge in [-0.15, -0.1) is 0 Å². The van der Waals surface area contributed by atoms with E-state index in [9.17, 15) is 9.59 Å². The molecule has 0 aliphatic carbocycles. The molecule has 1 rings (SSSR count). The Morgan fingerprint density at radius 1 is 1.42 bits per heavy atom. The maximum absolute atomic E-state index is 10.9. The number of carboxylic acids is 1. The number of benzene rings is 1. The van der Waals surface area contributed by atoms with Crippen molar-refractivity contribution in [2.45, 2.75) is 32.2 Å². The van der Waals surface area contributed by atoms with Crippen LogP contribution in [0.2, 0.25) is 0 Å². The fourth-order valence-electron chi connectivity index (χ4n) is 1.59. The van der Waals surface area contributed by atoms with Gasteiger partial charge in [0.05, 0.1) is 6.61 Å². The molecule has 0 radical (unpaired) electrons. The topological polar surface area (TPSA) is 75.6 Å². The standard InChI is InChI=1S/C14H19NO4/c1-2-3-8-19-12-6-4-11(5-7-12)9-13(14(17)18)15-10-16/h4-7,10,13H,2-3,8-9H2,1H3,(H,15,16)(H,17,18)/t13-/m0/s1. The maximum atomic E-state index is 10.9. The van der Waals surface area contributed by atoms with Crippen molar-refractivity contribution in [2.75, 3.05) is 6.61 Å². The molecule has 0 unspecified atom stereocenters. The molecule has 0 heterocycles. The number of hydrogen-bond donors (Lipinski definition) is 2. The number of aliphatic carboxylic acids is 1. The lowest BCUT2D eigenvalue weighted by Gasteiger charge is -2.11. The smallest absolute Gasteiger partial charge is 0.326 e. The summed E-state index contributed by atoms with van der Waals surface area (Å²) in [5.41, 5.74) is 0.838. The highest BCUT2D eigenvalue weighted by Crippen LogP contribution is 2.14. The molecule has 5 heteroatoms. The van der Waals surface area contributed by atoms with Crippen molar-refractivity contribution in [2.24, 2.45) is 0 Å². The molecule has 0 fully saturated rings. The number of ether oxygens (including phenoxy) is 1. The Morgan fingerprint density at radius 2 is 2.11 bits per heavy atom. The van der Waals surface area contributed by atoms with Crippen LogP contribution in [0, 0.1) is 0 Å². The summed E-state index contributed by atoms with van der Waals surface area (Å²) in [6.45, 7) is 2.78. The molecule has 1 aromatic rings. The van der Waals surface area contributed by atoms with E-state index in [1.54, 1.807) is 0 Å². The predicted octanol–water partition coefficient (Wildman–Crippen LogP) is 1.61. The lowest BCUT2D eigenvalue weighted by Crippen LogP contribution is -2.37. The molecule has 2 N–H and O–H groups in total. The molecule has 0 saturated carbocycles. The molecular weight excluding hydrogens is 246 g/mol. The lowest BCUT2D eigenvalue weighted by atomic mass is 10.1. The van der Waals surface area contributed by atoms with E-state index in [4.69, 9.17) is 9.84 Å². The fourth-order valence-corrected chi connectivity index (χ4v) is 1.59. The second-order valence-electron chi connectivity index (χ2n) is 4.23. The zero-order valence-corrected chi connectivity index (χ0v) is 11.0. The van der Waals surface area contributed by atoms with Gasteiger partial charge in [-0.2, -0.15) is 0 Å². The van der Waals surface area contributed by atoms with Gasteiger partial charge >= 0.3 is 5.97 Å². The summed E-state index contributed by atoms with van der Waals surface area (Å²) < 4.78 is 5.51. The summed E-state index contributed by atoms with van der Waals surface area (Å²) in [5, 5.41) is 11.2. The third kappa shape index (κ3) is 5.42. The molecule has 0 aliphatic rings. The first-order chi connectivity index (χ1) is 9.17. The Morgan fingerprint density at radius 3 is 2.63 bits per heavy atom. The number of carboxylic acid groups (broad SMARTS) is 1. The normalized spacial score (nSPS) is 11.6. The Labute approximate surface area is 112 Å². The van der Waals surface area contributed by atoms with Crippen molar-refractivity contribution in [3.05, 3.63) is 29.8 Å². The number of nitrogens with one attached hydrogen (secondary N) is 1. The number of unbranched alkanes of at least 4 members (excludes halogenated alkanes) is 1. The van der Waals surface area contributed by atoms with Gasteiger partial charge in [-0.1, -0.05) is 25.5 Å². The molecular formula is C14H19NO4. The average Bonchev–Trinajstić information content (AvgIpc) is 2.40. The molecule has 0 bridgehead atoms. The first-order valence-corrected chi connectivity index (χ1v) is 6.31. The second-order valence-corrected chi connectivity index (χ2v) is 4.23. The molecule has 1 amide bonds. The van der Waals surface area contributed by atoms with Crippen LogP contribution in [0.3, 0.4) is 0 Å². The van der Waals surface area contributed by atoms with E-state index in [-0.39, 0.29) is 6.42 Å². The van der Waals surface area contributed by atoms with Crippen LogP contribution in [0.4, 0.5) is 0 Å². The van der Waals surface area contributed by atoms with Crippen molar-refractivity contribution in [1.29, 1.82) is 0 Å². The molecule has 0 aliphatic heterocycles. The van der Waals surface area contributed by atoms with Crippen LogP contribution in [-0.2, 0) is 16.0 Å². The van der Waals surface area contributed by atoms with Gasteiger partial charge in [0.2, 0.25) is 6.41 Å². The van der Waals surface area contributed by atoms with Crippen LogP contribution in [0.25, 0.3) is 0 Å². The van der Waals surface area contributed by atoms with E-state index in [0.29, 0.717) is 13.0 Å². The van der Waals surface area contributed by atoms with Crippen LogP contribution >= 0.6 is 0 Å². The van der Waals surface area contributed by atoms with Crippen LogP contribution in [0.1, 0.15) is 25.3 Å². The summed E-state index contributed by atoms with van der Waals surface area (Å²) in [6, 6.07) is 6.34. The molecule has 104 valence electrons. The van der Waals surface area contributed by atoms with Gasteiger partial charge in [-0.3, -0.25) is 4.79 Å². The van der Waals surface area contributed by atoms with E-state index in [1.807, 2.05) is 24.3 Å². The van der Waals surface area contributed by atoms with Crippen molar-refractivity contribution in [3.63, 3.8) is 0 Å². The number of amides is 1. The monoisotopic (exact) mass is 265 g/mol. The molecule has 1 atom stereocenters. The highest BCUT2D eigenvalue weighted by atomic mass is 16.5. The molecule has 5 nitrogen and oxygen atoms in total. The van der Waals surface area contributed by atoms with Gasteiger partial charge in [0, 0.05) is 6.42 Å². The van der Waals surface area contributed by atoms with Gasteiger partial charge in [-0.05, 0) is 24.1 Å². The molecule has 0 aromatic heterocycles. The van der Waals surface area contributed by atoms with Crippen molar-refractivity contribution < 1.29 is 19.4 Å². The summed E-state index contributed by atoms with van der Waals surface area (Å²) in [7, 11) is 0. The highest BCUT2D eigenvalue weighted by Gasteiger charge is 2.16. The Bertz CT molecular complexity index is 402. The second kappa shape index (κ2) is 8.13. The Kier molecular flexibility index (Phi) is 6.43. The van der Waals surface area contributed by atoms with E-state index >= 15 is 0 Å². The predicted molar refractivity (Wildman–Crippen MR) is 71.2 cm³/mol. The highest BCUT2D eigenvalue weighted by molar-refractivity contribution is 5.76. The molecule has 19 heavy (non-hydrogen) atoms. The van der Waals surface area contributed by atoms with Gasteiger partial charge in [-0.25, -0.2) is 4.79 Å². The molecule has 0 spiro atoms. The number of carbonyl (C=O) groups excluding carboxylic acids is 1. The Balaban J connectivity index is 2.55. The first-order valence-electron chi connectivity index (χ1n) is 6.31. The zero-order valence-electron chi connectivity index (χ0n) is 11.0. The number of carbonyl (C=O) groups is 2. The van der Waals surface area contributed by atoms with Crippen molar-refractivity contribution in [1.82, 2.24) is 5.32 Å². The van der Waals surface area contributed by atoms with Crippen LogP contribution in [0.5, 0.6) is 5.75 Å². The minimum absolute atomic E-state index is 0.253. The van der Waals surface area contributed by atoms with Crippen LogP contribution in [-0.4, -0.2) is 30.1 Å². The fraction of sp³-hybridized carbons (Fsp3) is 0.429. The third-order valence-electron chi connectivity index (χ3n) is 2.70. The van der Waals surface area contributed by atoms with Crippen LogP contribution in [0.15, 0.2) is 24.3 Å². The summed E-state index contributed by atoms with van der Waals surface area (Å²) >= 11 is 0. The summed E-state index contributed by atoms with van der Waals surface area (Å²) in [6.07, 6.45) is 2.74. The van der Waals surface area contributed by atoms with E-state index in [0.717, 1.165) is 24.2 Å². The zero-order chi connectivity index (χ0) is 14.1. The van der Waals surface area contributed by atoms with Crippen molar-refractivity contribution in [3.8, 4) is 5.75 Å². The van der Waals surface area contributed by atoms with Gasteiger partial charge in [0.25, 0.3) is 0 Å². The largest absolute Gasteiger partial charge is 0.494 e. The number of rotatable bonds is 9. The maximum Gasteiger partial charge on any atom is 0.326 e. The van der Waals surface area contributed by atoms with Gasteiger partial charge in [0.1, 0.15) is 11.8 Å². The van der Waals surface area contributed by atoms with E-state index in [2.05, 4.69) is 12.2 Å². The molecule has 0 saturated heterocycles. The Hall–Kier alpha value is -2.04. The van der Waals surface area contributed by atoms with Gasteiger partial charge < -0.3 is 15.2 Å². The lowest BCUT2D eigenvalue weighted by molar-refractivity contribution is -0.140. The van der Waals surface area contributed by atoms with Gasteiger partial charge in [0.15, 0.2) is 0 Å². The summed E-state index contributed by atoms with van der Waals surface area (Å²) in [5.74, 6) is -0.275. The SMILES string of the molecule is CCCCOc1ccc(C[C@H](NC=O)C(=O)O)cc1. The van der Waals surface area contributed by atoms with E-state index in [1.165, 1.54) is 0 Å². The first kappa shape index (κ1) is 15.0. The minimum atomic E-state index is -1.05. The van der Waals surface area contributed by atoms with E-state index < -0.39 is 12.0 Å². The molecule has 1 aromatic carbocycles. The van der Waals surface area contributed by atoms with Crippen molar-refractivity contribution >= 4 is 12.4 Å². The number of hydrogen-bond acceptors (Lipinski definition) is 3. The third-order valence-corrected chi connectivity index (χ3v) is 2.70.